The molecule has 0 aromatic carbocycles. The molecule has 0 rings (SSSR count). The molecule has 0 atom stereocenters. The van der Waals surface area contributed by atoms with Crippen LogP contribution in [0.15, 0.2) is 0 Å². The Hall–Kier alpha value is -2.30. The van der Waals surface area contributed by atoms with Crippen LogP contribution in [-0.4, -0.2) is 59.7 Å². The summed E-state index contributed by atoms with van der Waals surface area (Å²) < 4.78 is 166. The number of carbonyl (C=O) groups excluding carboxylic acids is 4. The molecule has 0 amide bonds. The molecule has 0 radical (unpaired) electrons. The second kappa shape index (κ2) is 9.90. The summed E-state index contributed by atoms with van der Waals surface area (Å²) in [6.07, 6.45) is -24.1. The number of ketones is 4. The smallest absolute Gasteiger partial charge is 0.299 e. The van der Waals surface area contributed by atoms with Gasteiger partial charge in [0.25, 0.3) is 11.6 Å². The molecule has 4 nitrogen and oxygen atoms in total. The van der Waals surface area contributed by atoms with E-state index in [1.807, 2.05) is 0 Å². The molecule has 0 aliphatic heterocycles. The molecule has 0 aliphatic rings. The van der Waals surface area contributed by atoms with E-state index < -0.39 is 71.5 Å². The van der Waals surface area contributed by atoms with Crippen molar-refractivity contribution in [2.24, 2.45) is 5.41 Å². The zero-order valence-electron chi connectivity index (χ0n) is 16.2. The lowest BCUT2D eigenvalue weighted by molar-refractivity contribution is -0.343. The maximum Gasteiger partial charge on any atom is 0.460 e. The Morgan fingerprint density at radius 2 is 0.909 bits per heavy atom. The fourth-order valence-electron chi connectivity index (χ4n) is 1.28. The molecule has 0 bridgehead atoms. The van der Waals surface area contributed by atoms with E-state index >= 15 is 0 Å². The van der Waals surface area contributed by atoms with Crippen molar-refractivity contribution in [1.82, 2.24) is 0 Å². The Morgan fingerprint density at radius 1 is 0.606 bits per heavy atom. The summed E-state index contributed by atoms with van der Waals surface area (Å²) >= 11 is 0. The van der Waals surface area contributed by atoms with Gasteiger partial charge in [-0.15, -0.1) is 0 Å². The van der Waals surface area contributed by atoms with Gasteiger partial charge in [-0.25, -0.2) is 4.39 Å². The first-order chi connectivity index (χ1) is 14.0. The van der Waals surface area contributed by atoms with Gasteiger partial charge in [-0.1, -0.05) is 20.8 Å². The number of alkyl halides is 14. The summed E-state index contributed by atoms with van der Waals surface area (Å²) in [7, 11) is 0. The van der Waals surface area contributed by atoms with Crippen molar-refractivity contribution in [1.29, 1.82) is 0 Å². The third-order valence-electron chi connectivity index (χ3n) is 3.28. The summed E-state index contributed by atoms with van der Waals surface area (Å²) in [6, 6.07) is 0. The number of hydrogen-bond acceptors (Lipinski definition) is 4. The van der Waals surface area contributed by atoms with Crippen molar-refractivity contribution in [3.05, 3.63) is 0 Å². The lowest BCUT2D eigenvalue weighted by atomic mass is 9.86. The lowest BCUT2D eigenvalue weighted by Gasteiger charge is -2.27. The van der Waals surface area contributed by atoms with Crippen LogP contribution in [0.1, 0.15) is 27.2 Å². The van der Waals surface area contributed by atoms with E-state index in [1.165, 1.54) is 20.8 Å². The van der Waals surface area contributed by atoms with Gasteiger partial charge in [0.15, 0.2) is 0 Å². The van der Waals surface area contributed by atoms with Gasteiger partial charge in [0.1, 0.15) is 5.78 Å². The molecule has 0 saturated carbocycles. The normalized spacial score (nSPS) is 13.9. The highest BCUT2D eigenvalue weighted by Gasteiger charge is 2.75. The number of rotatable bonds is 6. The van der Waals surface area contributed by atoms with Crippen molar-refractivity contribution in [3.8, 4) is 0 Å². The molecule has 0 aliphatic carbocycles. The van der Waals surface area contributed by atoms with Crippen molar-refractivity contribution in [2.75, 3.05) is 0 Å². The summed E-state index contributed by atoms with van der Waals surface area (Å²) in [4.78, 5) is 41.7. The van der Waals surface area contributed by atoms with Crippen molar-refractivity contribution >= 4 is 23.1 Å². The van der Waals surface area contributed by atoms with Gasteiger partial charge in [-0.3, -0.25) is 19.2 Å². The molecule has 0 heterocycles. The Kier molecular flexibility index (Phi) is 9.87. The molecule has 0 saturated heterocycles. The van der Waals surface area contributed by atoms with Gasteiger partial charge in [0.05, 0.1) is 6.42 Å². The van der Waals surface area contributed by atoms with Crippen LogP contribution < -0.4 is 0 Å². The molecule has 0 aromatic heterocycles. The minimum absolute atomic E-state index is 1.16. The van der Waals surface area contributed by atoms with E-state index in [-0.39, 0.29) is 0 Å². The molecule has 194 valence electrons. The molecule has 0 N–H and O–H groups in total. The predicted octanol–water partition coefficient (Wildman–Crippen LogP) is 4.98. The minimum atomic E-state index is -6.59. The van der Waals surface area contributed by atoms with Gasteiger partial charge >= 0.3 is 30.4 Å². The largest absolute Gasteiger partial charge is 0.460 e. The van der Waals surface area contributed by atoms with E-state index in [4.69, 9.17) is 0 Å². The van der Waals surface area contributed by atoms with Gasteiger partial charge < -0.3 is 0 Å². The summed E-state index contributed by atoms with van der Waals surface area (Å²) in [5.74, 6) is -23.1. The zero-order valence-corrected chi connectivity index (χ0v) is 16.2. The first-order valence-electron chi connectivity index (χ1n) is 7.78. The lowest BCUT2D eigenvalue weighted by Crippen LogP contribution is -2.56. The van der Waals surface area contributed by atoms with E-state index in [1.54, 1.807) is 0 Å². The Bertz CT molecular complexity index is 727. The third-order valence-corrected chi connectivity index (χ3v) is 3.28. The van der Waals surface area contributed by atoms with E-state index in [0.717, 1.165) is 0 Å². The molecule has 0 unspecified atom stereocenters. The van der Waals surface area contributed by atoms with Crippen LogP contribution in [0.2, 0.25) is 0 Å². The van der Waals surface area contributed by atoms with Crippen LogP contribution in [0.25, 0.3) is 0 Å². The maximum atomic E-state index is 12.9. The first kappa shape index (κ1) is 32.9. The predicted molar refractivity (Wildman–Crippen MR) is 77.1 cm³/mol. The van der Waals surface area contributed by atoms with E-state index in [0.29, 0.717) is 0 Å². The molecule has 0 aromatic rings. The highest BCUT2D eigenvalue weighted by atomic mass is 19.4. The highest BCUT2D eigenvalue weighted by molar-refractivity contribution is 6.09. The van der Waals surface area contributed by atoms with Gasteiger partial charge in [-0.05, 0) is 0 Å². The van der Waals surface area contributed by atoms with Crippen molar-refractivity contribution < 1.29 is 80.6 Å². The van der Waals surface area contributed by atoms with Gasteiger partial charge in [0.2, 0.25) is 12.0 Å². The molecule has 18 heteroatoms. The maximum absolute atomic E-state index is 12.9. The van der Waals surface area contributed by atoms with Gasteiger partial charge in [-0.2, -0.15) is 57.1 Å². The average Bonchev–Trinajstić information content (AvgIpc) is 2.56. The van der Waals surface area contributed by atoms with E-state index in [2.05, 4.69) is 0 Å². The fourth-order valence-corrected chi connectivity index (χ4v) is 1.28. The Labute approximate surface area is 174 Å². The number of carbonyl (C=O) groups is 4. The number of Topliss-reactive ketones (excluding diaryl/α,β-unsaturated/α-hetero) is 4. The molecular formula is C15H12F14O4. The van der Waals surface area contributed by atoms with Crippen LogP contribution >= 0.6 is 0 Å². The second-order valence-electron chi connectivity index (χ2n) is 7.01. The first-order valence-corrected chi connectivity index (χ1v) is 7.78. The summed E-state index contributed by atoms with van der Waals surface area (Å²) in [5, 5.41) is 0. The zero-order chi connectivity index (χ0) is 27.6. The minimum Gasteiger partial charge on any atom is -0.299 e. The average molecular weight is 522 g/mol. The second-order valence-corrected chi connectivity index (χ2v) is 7.01. The third kappa shape index (κ3) is 8.53. The summed E-state index contributed by atoms with van der Waals surface area (Å²) in [5.41, 5.74) is -1.31. The van der Waals surface area contributed by atoms with Crippen molar-refractivity contribution in [2.45, 2.75) is 63.7 Å². The van der Waals surface area contributed by atoms with Gasteiger partial charge in [0, 0.05) is 5.41 Å². The standard InChI is InChI=1S/C10H11F7O2.C5HF7O2/c1-7(2,3)5(18)4-6(19)8(11,12)9(13,14)10(15,16)17;6-1(2(13)4(7,8)9)3(14)5(10,11)12/h4H2,1-3H3;1H. The Morgan fingerprint density at radius 3 is 1.12 bits per heavy atom. The van der Waals surface area contributed by atoms with Crippen LogP contribution in [0.3, 0.4) is 0 Å². The quantitative estimate of drug-likeness (QED) is 0.365. The summed E-state index contributed by atoms with van der Waals surface area (Å²) in [6.45, 7) is 3.63. The monoisotopic (exact) mass is 522 g/mol. The number of halogens is 14. The van der Waals surface area contributed by atoms with Crippen LogP contribution in [0.5, 0.6) is 0 Å². The van der Waals surface area contributed by atoms with E-state index in [9.17, 15) is 80.6 Å². The topological polar surface area (TPSA) is 68.3 Å². The fraction of sp³-hybridized carbons (Fsp3) is 0.733. The molecular weight excluding hydrogens is 510 g/mol. The van der Waals surface area contributed by atoms with Crippen LogP contribution in [-0.2, 0) is 19.2 Å². The molecule has 0 spiro atoms. The molecule has 0 fully saturated rings. The van der Waals surface area contributed by atoms with Crippen LogP contribution in [0, 0.1) is 5.41 Å². The van der Waals surface area contributed by atoms with Crippen LogP contribution in [0.4, 0.5) is 61.5 Å². The SMILES string of the molecule is CC(C)(C)C(=O)CC(=O)C(F)(F)C(F)(F)C(F)(F)F.O=C(C(F)C(=O)C(F)(F)F)C(F)(F)F. The Balaban J connectivity index is 0. The highest BCUT2D eigenvalue weighted by Crippen LogP contribution is 2.47. The number of hydrogen-bond donors (Lipinski definition) is 0. The van der Waals surface area contributed by atoms with Crippen molar-refractivity contribution in [3.63, 3.8) is 0 Å². The molecule has 33 heavy (non-hydrogen) atoms.